The quantitative estimate of drug-likeness (QED) is 0.367. The van der Waals surface area contributed by atoms with E-state index in [9.17, 15) is 9.90 Å². The molecule has 0 atom stereocenters. The summed E-state index contributed by atoms with van der Waals surface area (Å²) in [6, 6.07) is 21.4. The van der Waals surface area contributed by atoms with E-state index in [1.165, 1.54) is 40.9 Å². The first-order chi connectivity index (χ1) is 14.4. The van der Waals surface area contributed by atoms with Crippen LogP contribution in [0.2, 0.25) is 0 Å². The van der Waals surface area contributed by atoms with Crippen molar-refractivity contribution < 1.29 is 28.8 Å². The summed E-state index contributed by atoms with van der Waals surface area (Å²) < 4.78 is 1.07. The van der Waals surface area contributed by atoms with E-state index in [1.54, 1.807) is 13.8 Å². The molecule has 1 saturated carbocycles. The summed E-state index contributed by atoms with van der Waals surface area (Å²) in [5, 5.41) is 16.4. The molecular weight excluding hydrogens is 397 g/mol. The fraction of sp³-hybridized carbons (Fsp3) is 0.269. The van der Waals surface area contributed by atoms with Crippen LogP contribution >= 0.6 is 11.8 Å². The Labute approximate surface area is 199 Å². The number of carboxylic acids is 1. The van der Waals surface area contributed by atoms with Gasteiger partial charge in [0.2, 0.25) is 0 Å². The van der Waals surface area contributed by atoms with Crippen molar-refractivity contribution in [2.75, 3.05) is 0 Å². The van der Waals surface area contributed by atoms with Gasteiger partial charge >= 0.3 is 18.9 Å². The van der Waals surface area contributed by atoms with Gasteiger partial charge in [0.1, 0.15) is 0 Å². The van der Waals surface area contributed by atoms with Gasteiger partial charge in [-0.2, -0.15) is 0 Å². The normalized spacial score (nSPS) is 14.0. The van der Waals surface area contributed by atoms with Gasteiger partial charge in [0.15, 0.2) is 0 Å². The molecule has 152 valence electrons. The van der Waals surface area contributed by atoms with Gasteiger partial charge in [0, 0.05) is 23.5 Å². The van der Waals surface area contributed by atoms with Gasteiger partial charge in [-0.1, -0.05) is 66.4 Å². The summed E-state index contributed by atoms with van der Waals surface area (Å²) in [7, 11) is 2.01. The maximum absolute atomic E-state index is 11.8. The van der Waals surface area contributed by atoms with E-state index in [-0.39, 0.29) is 18.9 Å². The Hall–Kier alpha value is -2.12. The second-order valence-corrected chi connectivity index (χ2v) is 10.3. The first-order valence-corrected chi connectivity index (χ1v) is 11.2. The Morgan fingerprint density at radius 1 is 0.968 bits per heavy atom. The number of aryl methyl sites for hydroxylation is 1. The predicted octanol–water partition coefficient (Wildman–Crippen LogP) is 2.50. The molecule has 4 aromatic rings. The molecule has 1 aromatic heterocycles. The van der Waals surface area contributed by atoms with Crippen LogP contribution in [0.3, 0.4) is 0 Å². The van der Waals surface area contributed by atoms with Gasteiger partial charge in [0.25, 0.3) is 0 Å². The predicted molar refractivity (Wildman–Crippen MR) is 123 cm³/mol. The first-order valence-electron chi connectivity index (χ1n) is 10.4. The van der Waals surface area contributed by atoms with E-state index >= 15 is 0 Å². The summed E-state index contributed by atoms with van der Waals surface area (Å²) in [6.45, 7) is 3.42. The SMILES string of the molecule is Cn1c(SC(C)(C)C(=O)[O-])c(-c2ccc(C3CC3)c3ccccc23)c2ccccc21.[Li+]. The second-order valence-electron chi connectivity index (χ2n) is 8.68. The molecule has 0 amide bonds. The molecule has 1 heterocycles. The molecule has 0 N–H and O–H groups in total. The standard InChI is InChI=1S/C26H25NO2S.Li/c1-26(2,25(28)29)30-24-23(21-10-6-7-11-22(21)27(24)3)20-15-14-17(16-12-13-16)18-8-4-5-9-19(18)20;/h4-11,14-16H,12-13H2,1-3H3,(H,28,29);/q;+1/p-1. The summed E-state index contributed by atoms with van der Waals surface area (Å²) >= 11 is 1.36. The average molecular weight is 421 g/mol. The van der Waals surface area contributed by atoms with Crippen molar-refractivity contribution in [3.63, 3.8) is 0 Å². The van der Waals surface area contributed by atoms with Crippen molar-refractivity contribution >= 4 is 39.4 Å². The number of fused-ring (bicyclic) bond motifs is 2. The smallest absolute Gasteiger partial charge is 0.549 e. The number of thioether (sulfide) groups is 1. The van der Waals surface area contributed by atoms with Crippen molar-refractivity contribution in [3.8, 4) is 11.1 Å². The number of aliphatic carboxylic acids is 1. The van der Waals surface area contributed by atoms with E-state index in [2.05, 4.69) is 53.1 Å². The molecule has 3 aromatic carbocycles. The van der Waals surface area contributed by atoms with Crippen molar-refractivity contribution in [1.29, 1.82) is 0 Å². The molecule has 3 nitrogen and oxygen atoms in total. The van der Waals surface area contributed by atoms with Crippen LogP contribution in [0.15, 0.2) is 65.7 Å². The van der Waals surface area contributed by atoms with E-state index in [0.717, 1.165) is 27.1 Å². The van der Waals surface area contributed by atoms with Gasteiger partial charge in [-0.05, 0) is 60.6 Å². The molecular formula is C26H24LiNO2S. The Morgan fingerprint density at radius 3 is 2.23 bits per heavy atom. The molecule has 5 rings (SSSR count). The topological polar surface area (TPSA) is 45.1 Å². The van der Waals surface area contributed by atoms with E-state index in [1.807, 2.05) is 19.2 Å². The van der Waals surface area contributed by atoms with Crippen LogP contribution in [0, 0.1) is 0 Å². The van der Waals surface area contributed by atoms with Crippen LogP contribution in [0.4, 0.5) is 0 Å². The van der Waals surface area contributed by atoms with Crippen LogP contribution in [0.25, 0.3) is 32.8 Å². The van der Waals surface area contributed by atoms with Gasteiger partial charge in [-0.15, -0.1) is 0 Å². The number of nitrogens with zero attached hydrogens (tertiary/aromatic N) is 1. The molecule has 0 saturated heterocycles. The molecule has 0 radical (unpaired) electrons. The number of carbonyl (C=O) groups excluding carboxylic acids is 1. The average Bonchev–Trinajstić information content (AvgIpc) is 3.54. The molecule has 0 spiro atoms. The number of carbonyl (C=O) groups is 1. The number of rotatable bonds is 5. The largest absolute Gasteiger partial charge is 1.00 e. The Morgan fingerprint density at radius 2 is 1.58 bits per heavy atom. The zero-order valence-corrected chi connectivity index (χ0v) is 19.3. The van der Waals surface area contributed by atoms with Crippen LogP contribution in [-0.2, 0) is 11.8 Å². The minimum absolute atomic E-state index is 0. The van der Waals surface area contributed by atoms with Crippen molar-refractivity contribution in [2.24, 2.45) is 7.05 Å². The molecule has 0 bridgehead atoms. The van der Waals surface area contributed by atoms with Crippen LogP contribution in [0.5, 0.6) is 0 Å². The molecule has 5 heteroatoms. The molecule has 1 aliphatic carbocycles. The van der Waals surface area contributed by atoms with Gasteiger partial charge < -0.3 is 14.5 Å². The number of hydrogen-bond donors (Lipinski definition) is 0. The van der Waals surface area contributed by atoms with E-state index in [0.29, 0.717) is 5.92 Å². The minimum Gasteiger partial charge on any atom is -0.549 e. The third kappa shape index (κ3) is 3.72. The third-order valence-electron chi connectivity index (χ3n) is 6.14. The summed E-state index contributed by atoms with van der Waals surface area (Å²) in [5.74, 6) is -0.389. The monoisotopic (exact) mass is 421 g/mol. The summed E-state index contributed by atoms with van der Waals surface area (Å²) in [5.41, 5.74) is 4.78. The third-order valence-corrected chi connectivity index (χ3v) is 7.49. The van der Waals surface area contributed by atoms with E-state index < -0.39 is 10.7 Å². The number of para-hydroxylation sites is 1. The van der Waals surface area contributed by atoms with Crippen molar-refractivity contribution in [3.05, 3.63) is 66.2 Å². The fourth-order valence-electron chi connectivity index (χ4n) is 4.32. The molecule has 1 aliphatic rings. The Balaban J connectivity index is 0.00000231. The molecule has 0 aliphatic heterocycles. The van der Waals surface area contributed by atoms with Crippen LogP contribution < -0.4 is 24.0 Å². The fourth-order valence-corrected chi connectivity index (χ4v) is 5.45. The molecule has 31 heavy (non-hydrogen) atoms. The summed E-state index contributed by atoms with van der Waals surface area (Å²) in [4.78, 5) is 11.8. The van der Waals surface area contributed by atoms with Gasteiger partial charge in [-0.3, -0.25) is 0 Å². The zero-order valence-electron chi connectivity index (χ0n) is 18.4. The number of aromatic nitrogens is 1. The maximum atomic E-state index is 11.8. The second kappa shape index (κ2) is 8.10. The van der Waals surface area contributed by atoms with Gasteiger partial charge in [-0.25, -0.2) is 0 Å². The van der Waals surface area contributed by atoms with E-state index in [4.69, 9.17) is 0 Å². The number of carboxylic acid groups (broad SMARTS) is 1. The minimum atomic E-state index is -1.06. The van der Waals surface area contributed by atoms with Crippen LogP contribution in [0.1, 0.15) is 38.2 Å². The van der Waals surface area contributed by atoms with Gasteiger partial charge in [0.05, 0.1) is 15.7 Å². The Kier molecular flexibility index (Phi) is 5.77. The maximum Gasteiger partial charge on any atom is 1.00 e. The summed E-state index contributed by atoms with van der Waals surface area (Å²) in [6.07, 6.45) is 2.52. The first kappa shape index (κ1) is 22.1. The van der Waals surface area contributed by atoms with Crippen LogP contribution in [-0.4, -0.2) is 15.3 Å². The Bertz CT molecular complexity index is 1300. The number of benzene rings is 3. The zero-order chi connectivity index (χ0) is 21.0. The molecule has 0 unspecified atom stereocenters. The molecule has 1 fully saturated rings. The van der Waals surface area contributed by atoms with Crippen molar-refractivity contribution in [1.82, 2.24) is 4.57 Å². The number of hydrogen-bond acceptors (Lipinski definition) is 3. The van der Waals surface area contributed by atoms with Crippen molar-refractivity contribution in [2.45, 2.75) is 42.4 Å².